The summed E-state index contributed by atoms with van der Waals surface area (Å²) in [4.78, 5) is 20.3. The molecule has 4 rings (SSSR count). The second-order valence-corrected chi connectivity index (χ2v) is 8.48. The Morgan fingerprint density at radius 3 is 2.46 bits per heavy atom. The molecular weight excluding hydrogens is 379 g/mol. The van der Waals surface area contributed by atoms with Gasteiger partial charge in [0.05, 0.1) is 17.1 Å². The molecule has 7 heteroatoms. The maximum absolute atomic E-state index is 14.3. The molecule has 0 radical (unpaired) electrons. The van der Waals surface area contributed by atoms with Crippen molar-refractivity contribution in [3.05, 3.63) is 59.0 Å². The molecule has 0 atom stereocenters. The zero-order chi connectivity index (χ0) is 19.9. The summed E-state index contributed by atoms with van der Waals surface area (Å²) in [6.07, 6.45) is 4.82. The summed E-state index contributed by atoms with van der Waals surface area (Å²) >= 11 is 5.80. The summed E-state index contributed by atoms with van der Waals surface area (Å²) in [5, 5.41) is 3.33. The van der Waals surface area contributed by atoms with E-state index in [-0.39, 0.29) is 27.9 Å². The Hall–Kier alpha value is -2.18. The van der Waals surface area contributed by atoms with E-state index in [0.29, 0.717) is 6.54 Å². The third-order valence-electron chi connectivity index (χ3n) is 6.32. The van der Waals surface area contributed by atoms with E-state index >= 15 is 0 Å². The van der Waals surface area contributed by atoms with Crippen LogP contribution in [0.3, 0.4) is 0 Å². The fourth-order valence-corrected chi connectivity index (χ4v) is 4.80. The highest BCUT2D eigenvalue weighted by atomic mass is 35.5. The van der Waals surface area contributed by atoms with Gasteiger partial charge in [-0.25, -0.2) is 14.2 Å². The third-order valence-corrected chi connectivity index (χ3v) is 6.53. The minimum atomic E-state index is -0.581. The Morgan fingerprint density at radius 2 is 1.86 bits per heavy atom. The highest BCUT2D eigenvalue weighted by Crippen LogP contribution is 2.46. The molecule has 28 heavy (non-hydrogen) atoms. The molecule has 1 N–H and O–H groups in total. The van der Waals surface area contributed by atoms with E-state index in [4.69, 9.17) is 11.6 Å². The SMILES string of the molecule is CN(C)C1(c2ccccc2)CCC2(CC1)CN(c1ncc(Cl)cc1F)C(=O)N2. The Bertz CT molecular complexity index is 881. The fraction of sp³-hybridized carbons (Fsp3) is 0.429. The van der Waals surface area contributed by atoms with E-state index in [0.717, 1.165) is 25.7 Å². The van der Waals surface area contributed by atoms with Crippen molar-refractivity contribution in [2.45, 2.75) is 36.8 Å². The monoisotopic (exact) mass is 402 g/mol. The van der Waals surface area contributed by atoms with Gasteiger partial charge >= 0.3 is 6.03 Å². The third kappa shape index (κ3) is 3.14. The molecule has 2 aromatic rings. The molecule has 2 aliphatic rings. The van der Waals surface area contributed by atoms with Crippen molar-refractivity contribution < 1.29 is 9.18 Å². The van der Waals surface area contributed by atoms with E-state index in [1.165, 1.54) is 22.7 Å². The lowest BCUT2D eigenvalue weighted by molar-refractivity contribution is 0.0657. The Balaban J connectivity index is 1.56. The van der Waals surface area contributed by atoms with Crippen LogP contribution in [0.1, 0.15) is 31.2 Å². The van der Waals surface area contributed by atoms with Crippen molar-refractivity contribution in [3.63, 3.8) is 0 Å². The summed E-state index contributed by atoms with van der Waals surface area (Å²) in [5.41, 5.74) is 0.870. The number of aromatic nitrogens is 1. The van der Waals surface area contributed by atoms with Gasteiger partial charge in [0, 0.05) is 11.7 Å². The first kappa shape index (κ1) is 19.2. The normalized spacial score (nSPS) is 27.5. The van der Waals surface area contributed by atoms with Gasteiger partial charge in [-0.15, -0.1) is 0 Å². The first-order valence-electron chi connectivity index (χ1n) is 9.49. The van der Waals surface area contributed by atoms with Crippen LogP contribution in [0.5, 0.6) is 0 Å². The predicted molar refractivity (Wildman–Crippen MR) is 108 cm³/mol. The maximum atomic E-state index is 14.3. The molecule has 1 aromatic carbocycles. The number of carbonyl (C=O) groups excluding carboxylic acids is 1. The summed E-state index contributed by atoms with van der Waals surface area (Å²) < 4.78 is 14.3. The molecule has 2 fully saturated rings. The second kappa shape index (κ2) is 7.01. The van der Waals surface area contributed by atoms with E-state index < -0.39 is 5.82 Å². The van der Waals surface area contributed by atoms with Crippen LogP contribution in [0.15, 0.2) is 42.6 Å². The van der Waals surface area contributed by atoms with Crippen LogP contribution in [-0.2, 0) is 5.54 Å². The van der Waals surface area contributed by atoms with E-state index in [9.17, 15) is 9.18 Å². The predicted octanol–water partition coefficient (Wildman–Crippen LogP) is 4.17. The largest absolute Gasteiger partial charge is 0.330 e. The standard InChI is InChI=1S/C21H24ClFN4O/c1-26(2)21(15-6-4-3-5-7-15)10-8-20(9-11-21)14-27(19(28)25-20)18-17(23)12-16(22)13-24-18/h3-7,12-13H,8-11,14H2,1-2H3,(H,25,28). The van der Waals surface area contributed by atoms with Crippen molar-refractivity contribution >= 4 is 23.4 Å². The van der Waals surface area contributed by atoms with Gasteiger partial charge < -0.3 is 5.32 Å². The highest BCUT2D eigenvalue weighted by Gasteiger charge is 2.50. The summed E-state index contributed by atoms with van der Waals surface area (Å²) in [5.74, 6) is -0.547. The van der Waals surface area contributed by atoms with Crippen LogP contribution in [-0.4, -0.2) is 42.1 Å². The quantitative estimate of drug-likeness (QED) is 0.838. The molecule has 2 heterocycles. The Labute approximate surface area is 169 Å². The van der Waals surface area contributed by atoms with Gasteiger partial charge in [-0.3, -0.25) is 9.80 Å². The number of hydrogen-bond donors (Lipinski definition) is 1. The van der Waals surface area contributed by atoms with Gasteiger partial charge in [0.2, 0.25) is 0 Å². The number of halogens is 2. The molecule has 1 aliphatic carbocycles. The molecule has 1 aromatic heterocycles. The number of carbonyl (C=O) groups is 1. The van der Waals surface area contributed by atoms with Crippen molar-refractivity contribution in [2.75, 3.05) is 25.5 Å². The Morgan fingerprint density at radius 1 is 1.18 bits per heavy atom. The number of pyridine rings is 1. The average Bonchev–Trinajstić information content (AvgIpc) is 2.99. The van der Waals surface area contributed by atoms with Gasteiger partial charge in [-0.05, 0) is 51.4 Å². The molecule has 148 valence electrons. The molecule has 1 spiro atoms. The lowest BCUT2D eigenvalue weighted by Gasteiger charge is -2.48. The van der Waals surface area contributed by atoms with Crippen LogP contribution in [0.4, 0.5) is 15.0 Å². The summed E-state index contributed by atoms with van der Waals surface area (Å²) in [7, 11) is 4.22. The zero-order valence-corrected chi connectivity index (χ0v) is 16.8. The van der Waals surface area contributed by atoms with Crippen LogP contribution in [0.2, 0.25) is 5.02 Å². The van der Waals surface area contributed by atoms with Gasteiger partial charge in [0.15, 0.2) is 11.6 Å². The first-order valence-corrected chi connectivity index (χ1v) is 9.87. The second-order valence-electron chi connectivity index (χ2n) is 8.05. The number of hydrogen-bond acceptors (Lipinski definition) is 3. The van der Waals surface area contributed by atoms with E-state index in [2.05, 4.69) is 53.6 Å². The molecule has 1 saturated heterocycles. The fourth-order valence-electron chi connectivity index (χ4n) is 4.65. The number of nitrogens with one attached hydrogen (secondary N) is 1. The smallest absolute Gasteiger partial charge is 0.323 e. The zero-order valence-electron chi connectivity index (χ0n) is 16.1. The minimum absolute atomic E-state index is 0.0336. The van der Waals surface area contributed by atoms with Gasteiger partial charge in [0.1, 0.15) is 0 Å². The minimum Gasteiger partial charge on any atom is -0.330 e. The number of benzene rings is 1. The number of rotatable bonds is 3. The van der Waals surface area contributed by atoms with E-state index in [1.807, 2.05) is 6.07 Å². The molecule has 5 nitrogen and oxygen atoms in total. The van der Waals surface area contributed by atoms with Crippen LogP contribution >= 0.6 is 11.6 Å². The molecular formula is C21H24ClFN4O. The van der Waals surface area contributed by atoms with Crippen LogP contribution in [0, 0.1) is 5.82 Å². The van der Waals surface area contributed by atoms with Crippen LogP contribution < -0.4 is 10.2 Å². The summed E-state index contributed by atoms with van der Waals surface area (Å²) in [6, 6.07) is 11.4. The highest BCUT2D eigenvalue weighted by molar-refractivity contribution is 6.30. The number of urea groups is 1. The molecule has 1 aliphatic heterocycles. The van der Waals surface area contributed by atoms with Crippen LogP contribution in [0.25, 0.3) is 0 Å². The molecule has 2 amide bonds. The van der Waals surface area contributed by atoms with Crippen molar-refractivity contribution in [1.82, 2.24) is 15.2 Å². The molecule has 1 saturated carbocycles. The van der Waals surface area contributed by atoms with Crippen molar-refractivity contribution in [3.8, 4) is 0 Å². The van der Waals surface area contributed by atoms with Gasteiger partial charge in [0.25, 0.3) is 0 Å². The Kier molecular flexibility index (Phi) is 4.79. The van der Waals surface area contributed by atoms with E-state index in [1.54, 1.807) is 0 Å². The van der Waals surface area contributed by atoms with Crippen molar-refractivity contribution in [1.29, 1.82) is 0 Å². The number of amides is 2. The molecule has 0 bridgehead atoms. The average molecular weight is 403 g/mol. The van der Waals surface area contributed by atoms with Gasteiger partial charge in [-0.2, -0.15) is 0 Å². The number of anilines is 1. The van der Waals surface area contributed by atoms with Gasteiger partial charge in [-0.1, -0.05) is 41.9 Å². The maximum Gasteiger partial charge on any atom is 0.323 e. The summed E-state index contributed by atoms with van der Waals surface area (Å²) in [6.45, 7) is 0.412. The lowest BCUT2D eigenvalue weighted by Crippen LogP contribution is -2.54. The molecule has 0 unspecified atom stereocenters. The van der Waals surface area contributed by atoms with Crippen molar-refractivity contribution in [2.24, 2.45) is 0 Å². The first-order chi connectivity index (χ1) is 13.4. The lowest BCUT2D eigenvalue weighted by atomic mass is 9.69. The number of nitrogens with zero attached hydrogens (tertiary/aromatic N) is 3. The topological polar surface area (TPSA) is 48.5 Å².